The van der Waals surface area contributed by atoms with Gasteiger partial charge in [0.05, 0.1) is 22.1 Å². The van der Waals surface area contributed by atoms with E-state index in [9.17, 15) is 4.79 Å². The Morgan fingerprint density at radius 1 is 1.27 bits per heavy atom. The standard InChI is InChI=1S/C19H16ClN3O3/c20-12-8-11(9-16-17(12)26-10-25-16)19(24)23-7-3-6-15(23)18-21-13-4-1-2-5-14(13)22-18/h1-2,4-5,8-9,15H,3,6-7,10H2,(H,21,22). The molecule has 1 N–H and O–H groups in total. The summed E-state index contributed by atoms with van der Waals surface area (Å²) in [4.78, 5) is 23.0. The van der Waals surface area contributed by atoms with E-state index >= 15 is 0 Å². The van der Waals surface area contributed by atoms with Crippen LogP contribution in [0.3, 0.4) is 0 Å². The van der Waals surface area contributed by atoms with Gasteiger partial charge in [-0.1, -0.05) is 23.7 Å². The molecule has 1 unspecified atom stereocenters. The normalized spacial score (nSPS) is 18.7. The minimum atomic E-state index is -0.0758. The van der Waals surface area contributed by atoms with Crippen LogP contribution < -0.4 is 9.47 Å². The number of para-hydroxylation sites is 2. The molecule has 2 aliphatic heterocycles. The van der Waals surface area contributed by atoms with Crippen LogP contribution in [-0.2, 0) is 0 Å². The van der Waals surface area contributed by atoms with Gasteiger partial charge < -0.3 is 19.4 Å². The highest BCUT2D eigenvalue weighted by atomic mass is 35.5. The van der Waals surface area contributed by atoms with Crippen LogP contribution in [0.25, 0.3) is 11.0 Å². The third kappa shape index (κ3) is 2.41. The molecule has 3 aromatic rings. The number of likely N-dealkylation sites (tertiary alicyclic amines) is 1. The predicted octanol–water partition coefficient (Wildman–Crippen LogP) is 3.92. The first-order chi connectivity index (χ1) is 12.7. The van der Waals surface area contributed by atoms with E-state index in [1.807, 2.05) is 29.2 Å². The largest absolute Gasteiger partial charge is 0.454 e. The molecule has 26 heavy (non-hydrogen) atoms. The summed E-state index contributed by atoms with van der Waals surface area (Å²) >= 11 is 6.24. The van der Waals surface area contributed by atoms with Crippen molar-refractivity contribution in [1.29, 1.82) is 0 Å². The van der Waals surface area contributed by atoms with E-state index in [4.69, 9.17) is 21.1 Å². The summed E-state index contributed by atoms with van der Waals surface area (Å²) in [5.41, 5.74) is 2.39. The maximum atomic E-state index is 13.1. The summed E-state index contributed by atoms with van der Waals surface area (Å²) in [7, 11) is 0. The molecule has 2 aliphatic rings. The van der Waals surface area contributed by atoms with Crippen molar-refractivity contribution in [3.8, 4) is 11.5 Å². The fraction of sp³-hybridized carbons (Fsp3) is 0.263. The third-order valence-electron chi connectivity index (χ3n) is 4.91. The Balaban J connectivity index is 1.48. The molecule has 5 rings (SSSR count). The molecular formula is C19H16ClN3O3. The summed E-state index contributed by atoms with van der Waals surface area (Å²) in [6, 6.07) is 11.2. The van der Waals surface area contributed by atoms with Crippen molar-refractivity contribution < 1.29 is 14.3 Å². The zero-order valence-electron chi connectivity index (χ0n) is 13.9. The van der Waals surface area contributed by atoms with Gasteiger partial charge in [-0.05, 0) is 37.1 Å². The van der Waals surface area contributed by atoms with E-state index in [1.165, 1.54) is 0 Å². The monoisotopic (exact) mass is 369 g/mol. The first kappa shape index (κ1) is 15.5. The molecule has 7 heteroatoms. The Morgan fingerprint density at radius 3 is 3.04 bits per heavy atom. The number of halogens is 1. The minimum Gasteiger partial charge on any atom is -0.454 e. The van der Waals surface area contributed by atoms with Gasteiger partial charge in [-0.2, -0.15) is 0 Å². The summed E-state index contributed by atoms with van der Waals surface area (Å²) in [5.74, 6) is 1.76. The highest BCUT2D eigenvalue weighted by molar-refractivity contribution is 6.32. The Labute approximate surface area is 154 Å². The fourth-order valence-corrected chi connectivity index (χ4v) is 3.95. The number of aromatic nitrogens is 2. The maximum Gasteiger partial charge on any atom is 0.254 e. The number of fused-ring (bicyclic) bond motifs is 2. The molecule has 0 bridgehead atoms. The number of amides is 1. The molecule has 0 aliphatic carbocycles. The second-order valence-electron chi connectivity index (χ2n) is 6.49. The van der Waals surface area contributed by atoms with Crippen LogP contribution in [0.4, 0.5) is 0 Å². The van der Waals surface area contributed by atoms with E-state index in [-0.39, 0.29) is 18.7 Å². The number of imidazole rings is 1. The average molecular weight is 370 g/mol. The van der Waals surface area contributed by atoms with E-state index < -0.39 is 0 Å². The summed E-state index contributed by atoms with van der Waals surface area (Å²) in [5, 5.41) is 0.392. The molecule has 1 saturated heterocycles. The van der Waals surface area contributed by atoms with Crippen LogP contribution in [0.2, 0.25) is 5.02 Å². The molecular weight excluding hydrogens is 354 g/mol. The molecule has 1 fully saturated rings. The van der Waals surface area contributed by atoms with E-state index in [0.29, 0.717) is 28.6 Å². The van der Waals surface area contributed by atoms with Gasteiger partial charge in [0.2, 0.25) is 6.79 Å². The molecule has 1 aromatic heterocycles. The van der Waals surface area contributed by atoms with Crippen molar-refractivity contribution in [3.05, 3.63) is 52.8 Å². The number of hydrogen-bond acceptors (Lipinski definition) is 4. The van der Waals surface area contributed by atoms with Crippen molar-refractivity contribution >= 4 is 28.5 Å². The van der Waals surface area contributed by atoms with E-state index in [2.05, 4.69) is 9.97 Å². The second-order valence-corrected chi connectivity index (χ2v) is 6.89. The van der Waals surface area contributed by atoms with Crippen molar-refractivity contribution in [1.82, 2.24) is 14.9 Å². The van der Waals surface area contributed by atoms with E-state index in [1.54, 1.807) is 12.1 Å². The van der Waals surface area contributed by atoms with Gasteiger partial charge in [0.15, 0.2) is 11.5 Å². The summed E-state index contributed by atoms with van der Waals surface area (Å²) in [6.45, 7) is 0.810. The lowest BCUT2D eigenvalue weighted by Gasteiger charge is -2.23. The first-order valence-electron chi connectivity index (χ1n) is 8.55. The van der Waals surface area contributed by atoms with Crippen LogP contribution in [-0.4, -0.2) is 34.1 Å². The molecule has 0 radical (unpaired) electrons. The topological polar surface area (TPSA) is 67.5 Å². The lowest BCUT2D eigenvalue weighted by molar-refractivity contribution is 0.0730. The average Bonchev–Trinajstić information content (AvgIpc) is 3.38. The van der Waals surface area contributed by atoms with Gasteiger partial charge in [0.1, 0.15) is 5.82 Å². The number of rotatable bonds is 2. The van der Waals surface area contributed by atoms with E-state index in [0.717, 1.165) is 29.7 Å². The van der Waals surface area contributed by atoms with Crippen molar-refractivity contribution in [2.75, 3.05) is 13.3 Å². The van der Waals surface area contributed by atoms with Crippen LogP contribution in [0.15, 0.2) is 36.4 Å². The maximum absolute atomic E-state index is 13.1. The zero-order valence-corrected chi connectivity index (χ0v) is 14.6. The van der Waals surface area contributed by atoms with Crippen molar-refractivity contribution in [2.24, 2.45) is 0 Å². The van der Waals surface area contributed by atoms with Gasteiger partial charge in [0.25, 0.3) is 5.91 Å². The number of nitrogens with zero attached hydrogens (tertiary/aromatic N) is 2. The number of aromatic amines is 1. The fourth-order valence-electron chi connectivity index (χ4n) is 3.68. The number of carbonyl (C=O) groups excluding carboxylic acids is 1. The molecule has 0 spiro atoms. The second kappa shape index (κ2) is 5.92. The Kier molecular flexibility index (Phi) is 3.53. The highest BCUT2D eigenvalue weighted by Crippen LogP contribution is 2.41. The van der Waals surface area contributed by atoms with Crippen LogP contribution in [0.1, 0.15) is 35.1 Å². The SMILES string of the molecule is O=C(c1cc(Cl)c2c(c1)OCO2)N1CCCC1c1nc2ccccc2[nH]1. The number of nitrogens with one attached hydrogen (secondary N) is 1. The van der Waals surface area contributed by atoms with Gasteiger partial charge in [-0.15, -0.1) is 0 Å². The highest BCUT2D eigenvalue weighted by Gasteiger charge is 2.33. The van der Waals surface area contributed by atoms with Crippen LogP contribution in [0.5, 0.6) is 11.5 Å². The number of ether oxygens (including phenoxy) is 2. The minimum absolute atomic E-state index is 0.0703. The van der Waals surface area contributed by atoms with Crippen molar-refractivity contribution in [2.45, 2.75) is 18.9 Å². The lowest BCUT2D eigenvalue weighted by Crippen LogP contribution is -2.31. The Hall–Kier alpha value is -2.73. The zero-order chi connectivity index (χ0) is 17.7. The molecule has 1 amide bonds. The number of carbonyl (C=O) groups is 1. The quantitative estimate of drug-likeness (QED) is 0.743. The van der Waals surface area contributed by atoms with Gasteiger partial charge in [0, 0.05) is 12.1 Å². The third-order valence-corrected chi connectivity index (χ3v) is 5.19. The summed E-state index contributed by atoms with van der Waals surface area (Å²) in [6.07, 6.45) is 1.82. The lowest BCUT2D eigenvalue weighted by atomic mass is 10.1. The van der Waals surface area contributed by atoms with Crippen LogP contribution >= 0.6 is 11.6 Å². The Bertz CT molecular complexity index is 983. The molecule has 3 heterocycles. The molecule has 0 saturated carbocycles. The number of hydrogen-bond donors (Lipinski definition) is 1. The molecule has 2 aromatic carbocycles. The van der Waals surface area contributed by atoms with Gasteiger partial charge in [-0.3, -0.25) is 4.79 Å². The first-order valence-corrected chi connectivity index (χ1v) is 8.93. The van der Waals surface area contributed by atoms with Crippen molar-refractivity contribution in [3.63, 3.8) is 0 Å². The molecule has 6 nitrogen and oxygen atoms in total. The predicted molar refractivity (Wildman–Crippen MR) is 96.7 cm³/mol. The van der Waals surface area contributed by atoms with Gasteiger partial charge >= 0.3 is 0 Å². The van der Waals surface area contributed by atoms with Crippen LogP contribution in [0, 0.1) is 0 Å². The number of H-pyrrole nitrogens is 1. The smallest absolute Gasteiger partial charge is 0.254 e. The summed E-state index contributed by atoms with van der Waals surface area (Å²) < 4.78 is 10.7. The molecule has 1 atom stereocenters. The van der Waals surface area contributed by atoms with Gasteiger partial charge in [-0.25, -0.2) is 4.98 Å². The number of benzene rings is 2. The molecule has 132 valence electrons. The Morgan fingerprint density at radius 2 is 2.15 bits per heavy atom.